The molecule has 0 radical (unpaired) electrons. The van der Waals surface area contributed by atoms with Gasteiger partial charge in [0.25, 0.3) is 5.91 Å². The van der Waals surface area contributed by atoms with Crippen LogP contribution in [0.15, 0.2) is 17.6 Å². The van der Waals surface area contributed by atoms with Crippen LogP contribution in [0.5, 0.6) is 0 Å². The summed E-state index contributed by atoms with van der Waals surface area (Å²) in [6.45, 7) is 0.685. The van der Waals surface area contributed by atoms with Gasteiger partial charge in [0.1, 0.15) is 4.83 Å². The van der Waals surface area contributed by atoms with Gasteiger partial charge in [0, 0.05) is 24.6 Å². The van der Waals surface area contributed by atoms with E-state index >= 15 is 0 Å². The molecule has 4 heterocycles. The van der Waals surface area contributed by atoms with E-state index in [2.05, 4.69) is 10.5 Å². The Kier molecular flexibility index (Phi) is 3.38. The predicted octanol–water partition coefficient (Wildman–Crippen LogP) is 2.80. The Morgan fingerprint density at radius 1 is 1.52 bits per heavy atom. The van der Waals surface area contributed by atoms with Gasteiger partial charge in [-0.05, 0) is 18.9 Å². The van der Waals surface area contributed by atoms with E-state index in [0.717, 1.165) is 34.6 Å². The first kappa shape index (κ1) is 13.2. The van der Waals surface area contributed by atoms with E-state index < -0.39 is 0 Å². The third kappa shape index (κ3) is 2.44. The van der Waals surface area contributed by atoms with Crippen LogP contribution in [0, 0.1) is 0 Å². The van der Waals surface area contributed by atoms with Gasteiger partial charge in [-0.1, -0.05) is 0 Å². The molecule has 1 amide bonds. The second-order valence-electron chi connectivity index (χ2n) is 4.81. The van der Waals surface area contributed by atoms with Gasteiger partial charge >= 0.3 is 0 Å². The molecule has 1 atom stereocenters. The summed E-state index contributed by atoms with van der Waals surface area (Å²) in [7, 11) is 0. The van der Waals surface area contributed by atoms with Crippen molar-refractivity contribution >= 4 is 43.9 Å². The Morgan fingerprint density at radius 3 is 3.33 bits per heavy atom. The zero-order chi connectivity index (χ0) is 14.2. The van der Waals surface area contributed by atoms with E-state index in [1.54, 1.807) is 11.3 Å². The maximum Gasteiger partial charge on any atom is 0.285 e. The number of fused-ring (bicyclic) bond motifs is 3. The Bertz CT molecular complexity index is 785. The highest BCUT2D eigenvalue weighted by Crippen LogP contribution is 2.28. The van der Waals surface area contributed by atoms with Gasteiger partial charge in [-0.2, -0.15) is 0 Å². The SMILES string of the molecule is O=C(NO[C@@H]1CCCCO1)c1cc2c(nc3sccn32)s1. The molecule has 110 valence electrons. The molecule has 3 aromatic rings. The van der Waals surface area contributed by atoms with Crippen LogP contribution in [0.3, 0.4) is 0 Å². The van der Waals surface area contributed by atoms with Crippen molar-refractivity contribution in [3.05, 3.63) is 22.5 Å². The molecule has 0 spiro atoms. The van der Waals surface area contributed by atoms with Crippen molar-refractivity contribution in [2.75, 3.05) is 6.61 Å². The fraction of sp³-hybridized carbons (Fsp3) is 0.385. The minimum atomic E-state index is -0.336. The maximum absolute atomic E-state index is 12.1. The summed E-state index contributed by atoms with van der Waals surface area (Å²) in [6.07, 6.45) is 4.54. The van der Waals surface area contributed by atoms with Crippen LogP contribution in [-0.4, -0.2) is 28.2 Å². The monoisotopic (exact) mass is 323 g/mol. The van der Waals surface area contributed by atoms with Gasteiger partial charge in [-0.25, -0.2) is 15.3 Å². The molecule has 3 aromatic heterocycles. The number of carbonyl (C=O) groups excluding carboxylic acids is 1. The number of nitrogens with one attached hydrogen (secondary N) is 1. The van der Waals surface area contributed by atoms with Crippen molar-refractivity contribution < 1.29 is 14.4 Å². The second kappa shape index (κ2) is 5.38. The summed E-state index contributed by atoms with van der Waals surface area (Å²) >= 11 is 2.94. The summed E-state index contributed by atoms with van der Waals surface area (Å²) in [5, 5.41) is 1.97. The van der Waals surface area contributed by atoms with Crippen molar-refractivity contribution in [1.82, 2.24) is 14.9 Å². The van der Waals surface area contributed by atoms with Gasteiger partial charge in [-0.15, -0.1) is 22.7 Å². The normalized spacial score (nSPS) is 19.3. The number of ether oxygens (including phenoxy) is 1. The largest absolute Gasteiger partial charge is 0.350 e. The Morgan fingerprint density at radius 2 is 2.48 bits per heavy atom. The number of rotatable bonds is 3. The highest BCUT2D eigenvalue weighted by atomic mass is 32.1. The smallest absolute Gasteiger partial charge is 0.285 e. The first-order valence-electron chi connectivity index (χ1n) is 6.74. The van der Waals surface area contributed by atoms with Crippen molar-refractivity contribution in [3.63, 3.8) is 0 Å². The number of imidazole rings is 1. The summed E-state index contributed by atoms with van der Waals surface area (Å²) in [5.41, 5.74) is 3.43. The summed E-state index contributed by atoms with van der Waals surface area (Å²) in [6, 6.07) is 1.84. The van der Waals surface area contributed by atoms with Crippen LogP contribution in [0.2, 0.25) is 0 Å². The molecule has 0 aromatic carbocycles. The molecule has 0 bridgehead atoms. The molecule has 0 unspecified atom stereocenters. The number of amides is 1. The molecule has 1 fully saturated rings. The van der Waals surface area contributed by atoms with E-state index in [1.807, 2.05) is 22.0 Å². The lowest BCUT2D eigenvalue weighted by Gasteiger charge is -2.21. The predicted molar refractivity (Wildman–Crippen MR) is 80.6 cm³/mol. The number of hydrogen-bond donors (Lipinski definition) is 1. The van der Waals surface area contributed by atoms with Crippen LogP contribution in [0.1, 0.15) is 28.9 Å². The highest BCUT2D eigenvalue weighted by molar-refractivity contribution is 7.21. The lowest BCUT2D eigenvalue weighted by Crippen LogP contribution is -2.32. The molecule has 21 heavy (non-hydrogen) atoms. The third-order valence-corrected chi connectivity index (χ3v) is 5.16. The van der Waals surface area contributed by atoms with Crippen LogP contribution in [0.25, 0.3) is 15.3 Å². The molecule has 4 rings (SSSR count). The molecule has 1 aliphatic heterocycles. The average molecular weight is 323 g/mol. The Balaban J connectivity index is 1.49. The van der Waals surface area contributed by atoms with Gasteiger partial charge in [0.15, 0.2) is 11.3 Å². The number of thiophene rings is 1. The number of hydrogen-bond acceptors (Lipinski definition) is 6. The number of carbonyl (C=O) groups is 1. The zero-order valence-electron chi connectivity index (χ0n) is 11.1. The molecule has 0 aliphatic carbocycles. The summed E-state index contributed by atoms with van der Waals surface area (Å²) in [4.78, 5) is 24.3. The lowest BCUT2D eigenvalue weighted by molar-refractivity contribution is -0.186. The van der Waals surface area contributed by atoms with Gasteiger partial charge < -0.3 is 4.74 Å². The van der Waals surface area contributed by atoms with Crippen LogP contribution >= 0.6 is 22.7 Å². The lowest BCUT2D eigenvalue weighted by atomic mass is 10.2. The molecule has 6 nitrogen and oxygen atoms in total. The van der Waals surface area contributed by atoms with Crippen molar-refractivity contribution in [2.24, 2.45) is 0 Å². The van der Waals surface area contributed by atoms with Crippen molar-refractivity contribution in [1.29, 1.82) is 0 Å². The molecule has 8 heteroatoms. The topological polar surface area (TPSA) is 64.9 Å². The van der Waals surface area contributed by atoms with E-state index in [1.165, 1.54) is 11.3 Å². The number of nitrogens with zero attached hydrogens (tertiary/aromatic N) is 2. The number of aromatic nitrogens is 2. The van der Waals surface area contributed by atoms with E-state index in [-0.39, 0.29) is 12.2 Å². The molecule has 1 aliphatic rings. The molecular weight excluding hydrogens is 310 g/mol. The average Bonchev–Trinajstić information content (AvgIpc) is 3.17. The standard InChI is InChI=1S/C13H13N3O3S2/c17-11(15-19-10-3-1-2-5-18-10)9-7-8-12(21-9)14-13-16(8)4-6-20-13/h4,6-7,10H,1-3,5H2,(H,15,17)/t10-/m1/s1. The van der Waals surface area contributed by atoms with Crippen LogP contribution in [0.4, 0.5) is 0 Å². The van der Waals surface area contributed by atoms with E-state index in [9.17, 15) is 4.79 Å². The number of hydroxylamine groups is 1. The van der Waals surface area contributed by atoms with Gasteiger partial charge in [0.2, 0.25) is 0 Å². The van der Waals surface area contributed by atoms with Crippen molar-refractivity contribution in [2.45, 2.75) is 25.6 Å². The van der Waals surface area contributed by atoms with E-state index in [4.69, 9.17) is 9.57 Å². The quantitative estimate of drug-likeness (QED) is 0.753. The maximum atomic E-state index is 12.1. The second-order valence-corrected chi connectivity index (χ2v) is 6.72. The minimum absolute atomic E-state index is 0.254. The van der Waals surface area contributed by atoms with E-state index in [0.29, 0.717) is 11.5 Å². The first-order chi connectivity index (χ1) is 10.3. The minimum Gasteiger partial charge on any atom is -0.350 e. The Labute approximate surface area is 128 Å². The molecule has 0 saturated carbocycles. The fourth-order valence-electron chi connectivity index (χ4n) is 2.33. The summed E-state index contributed by atoms with van der Waals surface area (Å²) in [5.74, 6) is -0.254. The molecular formula is C13H13N3O3S2. The fourth-order valence-corrected chi connectivity index (χ4v) is 4.02. The van der Waals surface area contributed by atoms with Crippen LogP contribution < -0.4 is 5.48 Å². The Hall–Kier alpha value is -1.48. The van der Waals surface area contributed by atoms with Gasteiger partial charge in [0.05, 0.1) is 10.4 Å². The first-order valence-corrected chi connectivity index (χ1v) is 8.43. The highest BCUT2D eigenvalue weighted by Gasteiger charge is 2.18. The van der Waals surface area contributed by atoms with Crippen molar-refractivity contribution in [3.8, 4) is 0 Å². The molecule has 1 N–H and O–H groups in total. The van der Waals surface area contributed by atoms with Crippen LogP contribution in [-0.2, 0) is 9.57 Å². The zero-order valence-corrected chi connectivity index (χ0v) is 12.7. The molecule has 1 saturated heterocycles. The number of thiazole rings is 1. The summed E-state index contributed by atoms with van der Waals surface area (Å²) < 4.78 is 7.39. The third-order valence-electron chi connectivity index (χ3n) is 3.38. The van der Waals surface area contributed by atoms with Gasteiger partial charge in [-0.3, -0.25) is 9.20 Å².